The fourth-order valence-electron chi connectivity index (χ4n) is 1.20. The molecule has 0 aliphatic rings. The summed E-state index contributed by atoms with van der Waals surface area (Å²) in [5.41, 5.74) is 6.12. The molecule has 1 atom stereocenters. The van der Waals surface area contributed by atoms with Gasteiger partial charge in [-0.1, -0.05) is 18.2 Å². The third-order valence-electron chi connectivity index (χ3n) is 2.28. The molecule has 0 heterocycles. The lowest BCUT2D eigenvalue weighted by Crippen LogP contribution is -2.32. The van der Waals surface area contributed by atoms with Crippen molar-refractivity contribution in [3.63, 3.8) is 0 Å². The number of halogens is 3. The summed E-state index contributed by atoms with van der Waals surface area (Å²) >= 11 is 1.21. The molecule has 0 amide bonds. The van der Waals surface area contributed by atoms with Crippen LogP contribution < -0.4 is 5.73 Å². The Morgan fingerprint density at radius 3 is 2.44 bits per heavy atom. The van der Waals surface area contributed by atoms with E-state index in [0.717, 1.165) is 10.5 Å². The van der Waals surface area contributed by atoms with E-state index in [0.29, 0.717) is 0 Å². The van der Waals surface area contributed by atoms with E-state index in [1.807, 2.05) is 31.2 Å². The van der Waals surface area contributed by atoms with Crippen molar-refractivity contribution in [1.82, 2.24) is 0 Å². The quantitative estimate of drug-likeness (QED) is 0.829. The Balaban J connectivity index is 2.60. The van der Waals surface area contributed by atoms with Crippen molar-refractivity contribution in [3.8, 4) is 0 Å². The van der Waals surface area contributed by atoms with Crippen LogP contribution in [0.5, 0.6) is 0 Å². The number of alkyl halides is 3. The minimum absolute atomic E-state index is 0.0230. The van der Waals surface area contributed by atoms with Gasteiger partial charge in [-0.2, -0.15) is 13.2 Å². The first-order valence-corrected chi connectivity index (χ1v) is 5.89. The predicted molar refractivity (Wildman–Crippen MR) is 60.5 cm³/mol. The fourth-order valence-corrected chi connectivity index (χ4v) is 2.38. The van der Waals surface area contributed by atoms with E-state index < -0.39 is 12.1 Å². The van der Waals surface area contributed by atoms with Gasteiger partial charge in [0.1, 0.15) is 0 Å². The smallest absolute Gasteiger partial charge is 0.330 e. The maximum atomic E-state index is 12.4. The Kier molecular flexibility index (Phi) is 4.68. The molecule has 0 fully saturated rings. The van der Waals surface area contributed by atoms with E-state index in [9.17, 15) is 13.2 Å². The van der Waals surface area contributed by atoms with Gasteiger partial charge in [-0.25, -0.2) is 0 Å². The molecule has 2 N–H and O–H groups in total. The highest BCUT2D eigenvalue weighted by molar-refractivity contribution is 7.99. The lowest BCUT2D eigenvalue weighted by atomic mass is 10.2. The molecule has 1 unspecified atom stereocenters. The molecule has 1 nitrogen and oxygen atoms in total. The number of hydrogen-bond acceptors (Lipinski definition) is 2. The summed E-state index contributed by atoms with van der Waals surface area (Å²) in [4.78, 5) is 0.880. The summed E-state index contributed by atoms with van der Waals surface area (Å²) in [6.45, 7) is 1.52. The number of thioether (sulfide) groups is 1. The van der Waals surface area contributed by atoms with Crippen LogP contribution >= 0.6 is 11.8 Å². The van der Waals surface area contributed by atoms with Crippen molar-refractivity contribution < 1.29 is 13.2 Å². The summed E-state index contributed by atoms with van der Waals surface area (Å²) in [7, 11) is 0. The summed E-state index contributed by atoms with van der Waals surface area (Å²) in [5.74, 6) is -1.46. The zero-order valence-corrected chi connectivity index (χ0v) is 9.74. The van der Waals surface area contributed by atoms with Crippen LogP contribution in [0.15, 0.2) is 29.2 Å². The molecule has 1 rings (SSSR count). The zero-order valence-electron chi connectivity index (χ0n) is 8.92. The number of benzene rings is 1. The molecule has 0 radical (unpaired) electrons. The SMILES string of the molecule is Cc1ccccc1SCC(CN)C(F)(F)F. The third kappa shape index (κ3) is 3.72. The van der Waals surface area contributed by atoms with Crippen LogP contribution in [-0.2, 0) is 0 Å². The van der Waals surface area contributed by atoms with E-state index in [-0.39, 0.29) is 12.3 Å². The van der Waals surface area contributed by atoms with Crippen molar-refractivity contribution in [2.24, 2.45) is 11.7 Å². The third-order valence-corrected chi connectivity index (χ3v) is 3.62. The molecular formula is C11H14F3NS. The van der Waals surface area contributed by atoms with Gasteiger partial charge in [-0.15, -0.1) is 11.8 Å². The second-order valence-corrected chi connectivity index (χ2v) is 4.61. The molecule has 0 aliphatic heterocycles. The molecule has 1 aromatic carbocycles. The standard InChI is InChI=1S/C11H14F3NS/c1-8-4-2-3-5-10(8)16-7-9(6-15)11(12,13)14/h2-5,9H,6-7,15H2,1H3. The molecule has 90 valence electrons. The molecule has 0 bridgehead atoms. The molecule has 0 aliphatic carbocycles. The predicted octanol–water partition coefficient (Wildman–Crippen LogP) is 3.22. The Morgan fingerprint density at radius 2 is 1.94 bits per heavy atom. The summed E-state index contributed by atoms with van der Waals surface area (Å²) in [6.07, 6.45) is -4.20. The number of hydrogen-bond donors (Lipinski definition) is 1. The first-order valence-electron chi connectivity index (χ1n) is 4.90. The monoisotopic (exact) mass is 249 g/mol. The molecule has 0 spiro atoms. The van der Waals surface area contributed by atoms with Crippen LogP contribution in [0.1, 0.15) is 5.56 Å². The zero-order chi connectivity index (χ0) is 12.2. The summed E-state index contributed by atoms with van der Waals surface area (Å²) in [6, 6.07) is 7.39. The van der Waals surface area contributed by atoms with Crippen LogP contribution in [0.4, 0.5) is 13.2 Å². The van der Waals surface area contributed by atoms with Gasteiger partial charge in [0.15, 0.2) is 0 Å². The Bertz CT molecular complexity index is 338. The van der Waals surface area contributed by atoms with E-state index in [1.54, 1.807) is 0 Å². The minimum Gasteiger partial charge on any atom is -0.330 e. The Morgan fingerprint density at radius 1 is 1.31 bits per heavy atom. The van der Waals surface area contributed by atoms with E-state index >= 15 is 0 Å². The van der Waals surface area contributed by atoms with Crippen molar-refractivity contribution in [2.75, 3.05) is 12.3 Å². The van der Waals surface area contributed by atoms with Crippen molar-refractivity contribution in [2.45, 2.75) is 18.0 Å². The largest absolute Gasteiger partial charge is 0.393 e. The second kappa shape index (κ2) is 5.59. The van der Waals surface area contributed by atoms with Gasteiger partial charge in [0, 0.05) is 17.2 Å². The molecule has 0 aromatic heterocycles. The highest BCUT2D eigenvalue weighted by atomic mass is 32.2. The van der Waals surface area contributed by atoms with Gasteiger partial charge in [0.25, 0.3) is 0 Å². The lowest BCUT2D eigenvalue weighted by molar-refractivity contribution is -0.165. The lowest BCUT2D eigenvalue weighted by Gasteiger charge is -2.18. The van der Waals surface area contributed by atoms with Crippen molar-refractivity contribution in [3.05, 3.63) is 29.8 Å². The van der Waals surface area contributed by atoms with Crippen LogP contribution in [0, 0.1) is 12.8 Å². The van der Waals surface area contributed by atoms with Crippen molar-refractivity contribution >= 4 is 11.8 Å². The van der Waals surface area contributed by atoms with Crippen LogP contribution in [0.2, 0.25) is 0 Å². The molecule has 1 aromatic rings. The first-order chi connectivity index (χ1) is 7.45. The summed E-state index contributed by atoms with van der Waals surface area (Å²) < 4.78 is 37.3. The average molecular weight is 249 g/mol. The van der Waals surface area contributed by atoms with Crippen LogP contribution in [-0.4, -0.2) is 18.5 Å². The number of nitrogens with two attached hydrogens (primary N) is 1. The van der Waals surface area contributed by atoms with Gasteiger partial charge >= 0.3 is 6.18 Å². The molecule has 16 heavy (non-hydrogen) atoms. The average Bonchev–Trinajstić information content (AvgIpc) is 2.19. The molecule has 5 heteroatoms. The van der Waals surface area contributed by atoms with Gasteiger partial charge in [-0.05, 0) is 18.6 Å². The van der Waals surface area contributed by atoms with E-state index in [1.165, 1.54) is 11.8 Å². The van der Waals surface area contributed by atoms with Gasteiger partial charge in [0.05, 0.1) is 5.92 Å². The molecular weight excluding hydrogens is 235 g/mol. The normalized spacial score (nSPS) is 13.8. The maximum absolute atomic E-state index is 12.4. The molecule has 0 saturated heterocycles. The first kappa shape index (κ1) is 13.4. The number of aryl methyl sites for hydroxylation is 1. The highest BCUT2D eigenvalue weighted by Crippen LogP contribution is 2.31. The van der Waals surface area contributed by atoms with E-state index in [4.69, 9.17) is 5.73 Å². The van der Waals surface area contributed by atoms with E-state index in [2.05, 4.69) is 0 Å². The maximum Gasteiger partial charge on any atom is 0.393 e. The summed E-state index contributed by atoms with van der Waals surface area (Å²) in [5, 5.41) is 0. The van der Waals surface area contributed by atoms with Gasteiger partial charge in [-0.3, -0.25) is 0 Å². The Hall–Kier alpha value is -0.680. The Labute approximate surface area is 97.2 Å². The number of rotatable bonds is 4. The van der Waals surface area contributed by atoms with Gasteiger partial charge < -0.3 is 5.73 Å². The van der Waals surface area contributed by atoms with Crippen LogP contribution in [0.25, 0.3) is 0 Å². The van der Waals surface area contributed by atoms with Crippen LogP contribution in [0.3, 0.4) is 0 Å². The highest BCUT2D eigenvalue weighted by Gasteiger charge is 2.38. The molecule has 0 saturated carbocycles. The second-order valence-electron chi connectivity index (χ2n) is 3.55. The fraction of sp³-hybridized carbons (Fsp3) is 0.455. The minimum atomic E-state index is -4.20. The topological polar surface area (TPSA) is 26.0 Å². The van der Waals surface area contributed by atoms with Gasteiger partial charge in [0.2, 0.25) is 0 Å². The van der Waals surface area contributed by atoms with Crippen molar-refractivity contribution in [1.29, 1.82) is 0 Å².